The van der Waals surface area contributed by atoms with Crippen LogP contribution in [0.5, 0.6) is 0 Å². The highest BCUT2D eigenvalue weighted by Gasteiger charge is 2.35. The molecule has 2 nitrogen and oxygen atoms in total. The lowest BCUT2D eigenvalue weighted by atomic mass is 9.84. The molecule has 0 aromatic rings. The number of nitrogens with one attached hydrogen (secondary N) is 1. The first-order chi connectivity index (χ1) is 6.33. The quantitative estimate of drug-likeness (QED) is 0.617. The molecule has 0 atom stereocenters. The number of unbranched alkanes of at least 4 members (excludes halogenated alkanes) is 1. The van der Waals surface area contributed by atoms with Gasteiger partial charge in [0.05, 0.1) is 0 Å². The normalized spacial score (nSPS) is 19.8. The SMILES string of the molecule is CSC1(CNCCCCO)CCC1. The average molecular weight is 203 g/mol. The van der Waals surface area contributed by atoms with Crippen LogP contribution in [-0.4, -0.2) is 35.8 Å². The number of hydrogen-bond donors (Lipinski definition) is 2. The Kier molecular flexibility index (Phi) is 5.14. The third-order valence-electron chi connectivity index (χ3n) is 2.91. The van der Waals surface area contributed by atoms with Gasteiger partial charge in [0.25, 0.3) is 0 Å². The van der Waals surface area contributed by atoms with Crippen LogP contribution in [0.15, 0.2) is 0 Å². The van der Waals surface area contributed by atoms with Crippen LogP contribution >= 0.6 is 11.8 Å². The van der Waals surface area contributed by atoms with E-state index in [0.29, 0.717) is 11.4 Å². The van der Waals surface area contributed by atoms with Gasteiger partial charge >= 0.3 is 0 Å². The highest BCUT2D eigenvalue weighted by atomic mass is 32.2. The Morgan fingerprint density at radius 3 is 2.62 bits per heavy atom. The van der Waals surface area contributed by atoms with Crippen molar-refractivity contribution in [1.82, 2.24) is 5.32 Å². The lowest BCUT2D eigenvalue weighted by molar-refractivity contribution is 0.281. The second-order valence-corrected chi connectivity index (χ2v) is 5.12. The smallest absolute Gasteiger partial charge is 0.0431 e. The van der Waals surface area contributed by atoms with Crippen molar-refractivity contribution in [3.05, 3.63) is 0 Å². The van der Waals surface area contributed by atoms with Gasteiger partial charge in [-0.2, -0.15) is 11.8 Å². The van der Waals surface area contributed by atoms with E-state index < -0.39 is 0 Å². The molecule has 0 aliphatic heterocycles. The highest BCUT2D eigenvalue weighted by molar-refractivity contribution is 8.00. The predicted molar refractivity (Wildman–Crippen MR) is 59.3 cm³/mol. The molecule has 0 spiro atoms. The van der Waals surface area contributed by atoms with E-state index in [1.54, 1.807) is 0 Å². The second kappa shape index (κ2) is 5.89. The van der Waals surface area contributed by atoms with E-state index in [2.05, 4.69) is 11.6 Å². The monoisotopic (exact) mass is 203 g/mol. The van der Waals surface area contributed by atoms with Crippen molar-refractivity contribution in [1.29, 1.82) is 0 Å². The van der Waals surface area contributed by atoms with Gasteiger partial charge in [-0.15, -0.1) is 0 Å². The van der Waals surface area contributed by atoms with Gasteiger partial charge in [-0.3, -0.25) is 0 Å². The maximum atomic E-state index is 8.60. The summed E-state index contributed by atoms with van der Waals surface area (Å²) in [5.74, 6) is 0. The lowest BCUT2D eigenvalue weighted by Gasteiger charge is -2.40. The first-order valence-corrected chi connectivity index (χ1v) is 6.42. The van der Waals surface area contributed by atoms with E-state index in [1.807, 2.05) is 11.8 Å². The summed E-state index contributed by atoms with van der Waals surface area (Å²) in [5, 5.41) is 12.1. The Morgan fingerprint density at radius 1 is 1.38 bits per heavy atom. The minimum Gasteiger partial charge on any atom is -0.396 e. The highest BCUT2D eigenvalue weighted by Crippen LogP contribution is 2.42. The van der Waals surface area contributed by atoms with Crippen LogP contribution in [-0.2, 0) is 0 Å². The Morgan fingerprint density at radius 2 is 2.15 bits per heavy atom. The number of rotatable bonds is 7. The fourth-order valence-electron chi connectivity index (χ4n) is 1.70. The summed E-state index contributed by atoms with van der Waals surface area (Å²) >= 11 is 2.01. The van der Waals surface area contributed by atoms with Crippen LogP contribution in [0, 0.1) is 0 Å². The number of aliphatic hydroxyl groups excluding tert-OH is 1. The average Bonchev–Trinajstić information content (AvgIpc) is 2.09. The number of thioether (sulfide) groups is 1. The summed E-state index contributed by atoms with van der Waals surface area (Å²) in [6, 6.07) is 0. The Hall–Kier alpha value is 0.270. The van der Waals surface area contributed by atoms with Crippen molar-refractivity contribution in [2.45, 2.75) is 36.9 Å². The van der Waals surface area contributed by atoms with Crippen molar-refractivity contribution < 1.29 is 5.11 Å². The zero-order valence-corrected chi connectivity index (χ0v) is 9.33. The number of hydrogen-bond acceptors (Lipinski definition) is 3. The summed E-state index contributed by atoms with van der Waals surface area (Å²) in [4.78, 5) is 0. The summed E-state index contributed by atoms with van der Waals surface area (Å²) < 4.78 is 0.555. The van der Waals surface area contributed by atoms with Crippen LogP contribution in [0.3, 0.4) is 0 Å². The largest absolute Gasteiger partial charge is 0.396 e. The molecular formula is C10H21NOS. The van der Waals surface area contributed by atoms with Crippen molar-refractivity contribution >= 4 is 11.8 Å². The van der Waals surface area contributed by atoms with Crippen molar-refractivity contribution in [3.63, 3.8) is 0 Å². The van der Waals surface area contributed by atoms with Gasteiger partial charge in [0.1, 0.15) is 0 Å². The molecule has 0 radical (unpaired) electrons. The van der Waals surface area contributed by atoms with E-state index in [9.17, 15) is 0 Å². The van der Waals surface area contributed by atoms with Crippen molar-refractivity contribution in [3.8, 4) is 0 Å². The molecule has 13 heavy (non-hydrogen) atoms. The van der Waals surface area contributed by atoms with Crippen molar-refractivity contribution in [2.75, 3.05) is 26.0 Å². The molecule has 0 saturated heterocycles. The molecular weight excluding hydrogens is 182 g/mol. The summed E-state index contributed by atoms with van der Waals surface area (Å²) in [6.45, 7) is 2.54. The van der Waals surface area contributed by atoms with Gasteiger partial charge in [0.15, 0.2) is 0 Å². The molecule has 1 saturated carbocycles. The van der Waals surface area contributed by atoms with Crippen LogP contribution in [0.25, 0.3) is 0 Å². The minimum atomic E-state index is 0.329. The minimum absolute atomic E-state index is 0.329. The molecule has 0 bridgehead atoms. The molecule has 1 aliphatic rings. The molecule has 0 unspecified atom stereocenters. The zero-order valence-electron chi connectivity index (χ0n) is 8.51. The second-order valence-electron chi connectivity index (χ2n) is 3.85. The van der Waals surface area contributed by atoms with E-state index in [0.717, 1.165) is 25.9 Å². The van der Waals surface area contributed by atoms with Gasteiger partial charge in [0, 0.05) is 17.9 Å². The fraction of sp³-hybridized carbons (Fsp3) is 1.00. The fourth-order valence-corrected chi connectivity index (χ4v) is 2.65. The molecule has 0 amide bonds. The van der Waals surface area contributed by atoms with Crippen LogP contribution in [0.4, 0.5) is 0 Å². The molecule has 2 N–H and O–H groups in total. The van der Waals surface area contributed by atoms with E-state index in [4.69, 9.17) is 5.11 Å². The van der Waals surface area contributed by atoms with E-state index in [-0.39, 0.29) is 0 Å². The Bertz CT molecular complexity index is 131. The maximum Gasteiger partial charge on any atom is 0.0431 e. The van der Waals surface area contributed by atoms with E-state index in [1.165, 1.54) is 19.3 Å². The Balaban J connectivity index is 1.98. The molecule has 3 heteroatoms. The molecule has 0 aromatic carbocycles. The summed E-state index contributed by atoms with van der Waals surface area (Å²) in [5.41, 5.74) is 0. The lowest BCUT2D eigenvalue weighted by Crippen LogP contribution is -2.43. The molecule has 1 fully saturated rings. The first-order valence-electron chi connectivity index (χ1n) is 5.20. The molecule has 1 rings (SSSR count). The van der Waals surface area contributed by atoms with Gasteiger partial charge in [-0.05, 0) is 38.5 Å². The van der Waals surface area contributed by atoms with Gasteiger partial charge in [-0.25, -0.2) is 0 Å². The first kappa shape index (κ1) is 11.3. The summed E-state index contributed by atoms with van der Waals surface area (Å²) in [6.07, 6.45) is 8.40. The molecule has 0 heterocycles. The van der Waals surface area contributed by atoms with Gasteiger partial charge in [0.2, 0.25) is 0 Å². The summed E-state index contributed by atoms with van der Waals surface area (Å²) in [7, 11) is 0. The maximum absolute atomic E-state index is 8.60. The van der Waals surface area contributed by atoms with Gasteiger partial charge < -0.3 is 10.4 Å². The predicted octanol–water partition coefficient (Wildman–Crippen LogP) is 1.63. The van der Waals surface area contributed by atoms with Crippen LogP contribution in [0.1, 0.15) is 32.1 Å². The molecule has 78 valence electrons. The van der Waals surface area contributed by atoms with E-state index >= 15 is 0 Å². The Labute approximate surface area is 85.5 Å². The van der Waals surface area contributed by atoms with Gasteiger partial charge in [-0.1, -0.05) is 6.42 Å². The topological polar surface area (TPSA) is 32.3 Å². The third kappa shape index (κ3) is 3.49. The standard InChI is InChI=1S/C10H21NOS/c1-13-10(5-4-6-10)9-11-7-2-3-8-12/h11-12H,2-9H2,1H3. The third-order valence-corrected chi connectivity index (χ3v) is 4.33. The van der Waals surface area contributed by atoms with Crippen LogP contribution < -0.4 is 5.32 Å². The zero-order chi connectivity index (χ0) is 9.57. The van der Waals surface area contributed by atoms with Crippen LogP contribution in [0.2, 0.25) is 0 Å². The van der Waals surface area contributed by atoms with Crippen molar-refractivity contribution in [2.24, 2.45) is 0 Å². The molecule has 0 aromatic heterocycles. The molecule has 1 aliphatic carbocycles. The number of aliphatic hydroxyl groups is 1.